The standard InChI is InChI=1S/C14H13ClF2N2O/c1-2-5-19-14(10(15)8-18-19)13(20)7-9-3-4-11(16)12(17)6-9/h3-4,6,8H,2,5,7H2,1H3. The minimum Gasteiger partial charge on any atom is -0.292 e. The molecule has 0 aliphatic heterocycles. The molecule has 0 spiro atoms. The summed E-state index contributed by atoms with van der Waals surface area (Å²) in [5.41, 5.74) is 0.701. The van der Waals surface area contributed by atoms with E-state index in [0.717, 1.165) is 18.6 Å². The van der Waals surface area contributed by atoms with Crippen molar-refractivity contribution >= 4 is 17.4 Å². The minimum absolute atomic E-state index is 0.0493. The van der Waals surface area contributed by atoms with E-state index < -0.39 is 11.6 Å². The Hall–Kier alpha value is -1.75. The highest BCUT2D eigenvalue weighted by atomic mass is 35.5. The second kappa shape index (κ2) is 6.13. The van der Waals surface area contributed by atoms with Crippen molar-refractivity contribution in [2.75, 3.05) is 0 Å². The molecule has 0 aliphatic carbocycles. The van der Waals surface area contributed by atoms with Crippen molar-refractivity contribution in [3.8, 4) is 0 Å². The van der Waals surface area contributed by atoms with E-state index in [1.165, 1.54) is 16.9 Å². The number of Topliss-reactive ketones (excluding diaryl/α,β-unsaturated/α-hetero) is 1. The van der Waals surface area contributed by atoms with Crippen LogP contribution in [0.5, 0.6) is 0 Å². The summed E-state index contributed by atoms with van der Waals surface area (Å²) in [5.74, 6) is -2.18. The van der Waals surface area contributed by atoms with Gasteiger partial charge in [-0.05, 0) is 24.1 Å². The summed E-state index contributed by atoms with van der Waals surface area (Å²) in [6.45, 7) is 2.53. The number of aryl methyl sites for hydroxylation is 1. The third-order valence-electron chi connectivity index (χ3n) is 2.84. The third-order valence-corrected chi connectivity index (χ3v) is 3.12. The van der Waals surface area contributed by atoms with Crippen LogP contribution in [-0.4, -0.2) is 15.6 Å². The Bertz CT molecular complexity index is 640. The fraction of sp³-hybridized carbons (Fsp3) is 0.286. The molecule has 6 heteroatoms. The Morgan fingerprint density at radius 2 is 2.10 bits per heavy atom. The Morgan fingerprint density at radius 3 is 2.75 bits per heavy atom. The zero-order valence-corrected chi connectivity index (χ0v) is 11.6. The molecule has 0 aliphatic rings. The van der Waals surface area contributed by atoms with E-state index in [4.69, 9.17) is 11.6 Å². The van der Waals surface area contributed by atoms with Crippen molar-refractivity contribution in [3.63, 3.8) is 0 Å². The largest absolute Gasteiger partial charge is 0.292 e. The molecule has 0 atom stereocenters. The molecular formula is C14H13ClF2N2O. The Kier molecular flexibility index (Phi) is 4.49. The summed E-state index contributed by atoms with van der Waals surface area (Å²) in [5, 5.41) is 4.30. The first kappa shape index (κ1) is 14.7. The first-order valence-electron chi connectivity index (χ1n) is 6.21. The summed E-state index contributed by atoms with van der Waals surface area (Å²) in [7, 11) is 0. The van der Waals surface area contributed by atoms with Gasteiger partial charge in [0.2, 0.25) is 0 Å². The number of hydrogen-bond acceptors (Lipinski definition) is 2. The van der Waals surface area contributed by atoms with Gasteiger partial charge in [0.1, 0.15) is 5.69 Å². The highest BCUT2D eigenvalue weighted by Crippen LogP contribution is 2.19. The molecule has 0 N–H and O–H groups in total. The predicted molar refractivity (Wildman–Crippen MR) is 71.9 cm³/mol. The Balaban J connectivity index is 2.23. The van der Waals surface area contributed by atoms with Gasteiger partial charge in [-0.1, -0.05) is 24.6 Å². The quantitative estimate of drug-likeness (QED) is 0.790. The number of carbonyl (C=O) groups excluding carboxylic acids is 1. The van der Waals surface area contributed by atoms with Gasteiger partial charge in [0.15, 0.2) is 17.4 Å². The van der Waals surface area contributed by atoms with E-state index in [2.05, 4.69) is 5.10 Å². The number of halogens is 3. The van der Waals surface area contributed by atoms with Crippen molar-refractivity contribution in [2.24, 2.45) is 0 Å². The maximum Gasteiger partial charge on any atom is 0.186 e. The maximum absolute atomic E-state index is 13.1. The van der Waals surface area contributed by atoms with Gasteiger partial charge < -0.3 is 0 Å². The van der Waals surface area contributed by atoms with E-state index in [9.17, 15) is 13.6 Å². The monoisotopic (exact) mass is 298 g/mol. The fourth-order valence-corrected chi connectivity index (χ4v) is 2.19. The molecule has 1 heterocycles. The lowest BCUT2D eigenvalue weighted by atomic mass is 10.1. The molecule has 1 aromatic carbocycles. The van der Waals surface area contributed by atoms with Gasteiger partial charge in [-0.25, -0.2) is 8.78 Å². The highest BCUT2D eigenvalue weighted by molar-refractivity contribution is 6.33. The SMILES string of the molecule is CCCn1ncc(Cl)c1C(=O)Cc1ccc(F)c(F)c1. The van der Waals surface area contributed by atoms with Gasteiger partial charge in [-0.3, -0.25) is 9.48 Å². The molecular weight excluding hydrogens is 286 g/mol. The number of hydrogen-bond donors (Lipinski definition) is 0. The van der Waals surface area contributed by atoms with Crippen LogP contribution in [0.2, 0.25) is 5.02 Å². The summed E-state index contributed by atoms with van der Waals surface area (Å²) < 4.78 is 27.5. The second-order valence-electron chi connectivity index (χ2n) is 4.41. The first-order chi connectivity index (χ1) is 9.52. The fourth-order valence-electron chi connectivity index (χ4n) is 1.94. The molecule has 0 unspecified atom stereocenters. The van der Waals surface area contributed by atoms with Crippen LogP contribution in [0.4, 0.5) is 8.78 Å². The smallest absolute Gasteiger partial charge is 0.186 e. The molecule has 0 saturated heterocycles. The number of rotatable bonds is 5. The number of nitrogens with zero attached hydrogens (tertiary/aromatic N) is 2. The number of aromatic nitrogens is 2. The molecule has 0 fully saturated rings. The zero-order chi connectivity index (χ0) is 14.7. The Morgan fingerprint density at radius 1 is 1.35 bits per heavy atom. The molecule has 2 rings (SSSR count). The van der Waals surface area contributed by atoms with E-state index in [1.807, 2.05) is 6.92 Å². The van der Waals surface area contributed by atoms with Gasteiger partial charge in [0.05, 0.1) is 11.2 Å². The first-order valence-corrected chi connectivity index (χ1v) is 6.59. The average Bonchev–Trinajstić information content (AvgIpc) is 2.76. The molecule has 0 bridgehead atoms. The molecule has 0 radical (unpaired) electrons. The van der Waals surface area contributed by atoms with Gasteiger partial charge >= 0.3 is 0 Å². The van der Waals surface area contributed by atoms with Crippen LogP contribution in [0.3, 0.4) is 0 Å². The number of benzene rings is 1. The summed E-state index contributed by atoms with van der Waals surface area (Å²) in [4.78, 5) is 12.2. The third kappa shape index (κ3) is 3.04. The van der Waals surface area contributed by atoms with Crippen molar-refractivity contribution < 1.29 is 13.6 Å². The molecule has 20 heavy (non-hydrogen) atoms. The number of carbonyl (C=O) groups is 1. The van der Waals surface area contributed by atoms with E-state index in [0.29, 0.717) is 17.8 Å². The predicted octanol–water partition coefficient (Wildman–Crippen LogP) is 3.65. The van der Waals surface area contributed by atoms with Crippen molar-refractivity contribution in [3.05, 3.63) is 52.3 Å². The maximum atomic E-state index is 13.1. The van der Waals surface area contributed by atoms with Crippen LogP contribution in [0.1, 0.15) is 29.4 Å². The van der Waals surface area contributed by atoms with E-state index in [-0.39, 0.29) is 17.2 Å². The zero-order valence-electron chi connectivity index (χ0n) is 10.9. The average molecular weight is 299 g/mol. The Labute approximate surface area is 120 Å². The normalized spacial score (nSPS) is 10.8. The molecule has 106 valence electrons. The van der Waals surface area contributed by atoms with Crippen LogP contribution in [0, 0.1) is 11.6 Å². The number of ketones is 1. The van der Waals surface area contributed by atoms with Crippen LogP contribution < -0.4 is 0 Å². The lowest BCUT2D eigenvalue weighted by molar-refractivity contribution is 0.0982. The van der Waals surface area contributed by atoms with E-state index >= 15 is 0 Å². The highest BCUT2D eigenvalue weighted by Gasteiger charge is 2.18. The van der Waals surface area contributed by atoms with Gasteiger partial charge in [0, 0.05) is 13.0 Å². The summed E-state index contributed by atoms with van der Waals surface area (Å²) >= 11 is 5.96. The van der Waals surface area contributed by atoms with Crippen molar-refractivity contribution in [2.45, 2.75) is 26.3 Å². The molecule has 0 amide bonds. The summed E-state index contributed by atoms with van der Waals surface area (Å²) in [6.07, 6.45) is 2.17. The van der Waals surface area contributed by atoms with Crippen LogP contribution in [0.15, 0.2) is 24.4 Å². The molecule has 1 aromatic heterocycles. The lowest BCUT2D eigenvalue weighted by Crippen LogP contribution is -2.13. The lowest BCUT2D eigenvalue weighted by Gasteiger charge is -2.06. The van der Waals surface area contributed by atoms with Crippen molar-refractivity contribution in [1.82, 2.24) is 9.78 Å². The minimum atomic E-state index is -0.969. The molecule has 3 nitrogen and oxygen atoms in total. The van der Waals surface area contributed by atoms with Crippen LogP contribution >= 0.6 is 11.6 Å². The summed E-state index contributed by atoms with van der Waals surface area (Å²) in [6, 6.07) is 3.40. The van der Waals surface area contributed by atoms with Crippen LogP contribution in [-0.2, 0) is 13.0 Å². The van der Waals surface area contributed by atoms with Gasteiger partial charge in [-0.15, -0.1) is 0 Å². The molecule has 0 saturated carbocycles. The van der Waals surface area contributed by atoms with E-state index in [1.54, 1.807) is 0 Å². The topological polar surface area (TPSA) is 34.9 Å². The van der Waals surface area contributed by atoms with Crippen molar-refractivity contribution in [1.29, 1.82) is 0 Å². The molecule has 2 aromatic rings. The van der Waals surface area contributed by atoms with Crippen LogP contribution in [0.25, 0.3) is 0 Å². The van der Waals surface area contributed by atoms with Gasteiger partial charge in [0.25, 0.3) is 0 Å². The van der Waals surface area contributed by atoms with Gasteiger partial charge in [-0.2, -0.15) is 5.10 Å². The second-order valence-corrected chi connectivity index (χ2v) is 4.82.